The van der Waals surface area contributed by atoms with Gasteiger partial charge in [0, 0.05) is 15.1 Å². The molecule has 0 amide bonds. The highest BCUT2D eigenvalue weighted by atomic mass is 33.2. The van der Waals surface area contributed by atoms with Crippen LogP contribution in [-0.2, 0) is 11.8 Å². The molecular formula is C18H15OPS3. The number of rotatable bonds is 5. The first kappa shape index (κ1) is 16.7. The van der Waals surface area contributed by atoms with Crippen molar-refractivity contribution < 1.29 is 5.11 Å². The van der Waals surface area contributed by atoms with E-state index in [0.29, 0.717) is 0 Å². The van der Waals surface area contributed by atoms with Crippen LogP contribution in [0.5, 0.6) is 5.75 Å². The molecule has 23 heavy (non-hydrogen) atoms. The average Bonchev–Trinajstić information content (AvgIpc) is 2.59. The Morgan fingerprint density at radius 1 is 0.652 bits per heavy atom. The monoisotopic (exact) mass is 374 g/mol. The van der Waals surface area contributed by atoms with E-state index in [1.54, 1.807) is 34.9 Å². The quantitative estimate of drug-likeness (QED) is 0.560. The number of benzene rings is 3. The van der Waals surface area contributed by atoms with Crippen LogP contribution in [-0.4, -0.2) is 5.11 Å². The molecule has 0 aliphatic heterocycles. The van der Waals surface area contributed by atoms with E-state index < -0.39 is 4.44 Å². The zero-order valence-electron chi connectivity index (χ0n) is 12.2. The zero-order valence-corrected chi connectivity index (χ0v) is 15.5. The topological polar surface area (TPSA) is 20.2 Å². The van der Waals surface area contributed by atoms with Crippen molar-refractivity contribution in [3.8, 4) is 5.75 Å². The molecule has 3 rings (SSSR count). The van der Waals surface area contributed by atoms with Gasteiger partial charge in [-0.1, -0.05) is 83.1 Å². The smallest absolute Gasteiger partial charge is 0.115 e. The molecule has 0 aliphatic rings. The maximum Gasteiger partial charge on any atom is 0.115 e. The molecule has 0 aliphatic carbocycles. The molecule has 0 fully saturated rings. The molecule has 1 nitrogen and oxygen atoms in total. The minimum absolute atomic E-state index is 0.276. The summed E-state index contributed by atoms with van der Waals surface area (Å²) in [4.78, 5) is 2.27. The summed E-state index contributed by atoms with van der Waals surface area (Å²) in [7, 11) is 0. The van der Waals surface area contributed by atoms with Crippen LogP contribution >= 0.6 is 27.2 Å². The van der Waals surface area contributed by atoms with Gasteiger partial charge in [-0.3, -0.25) is 0 Å². The van der Waals surface area contributed by atoms with Crippen LogP contribution in [0.25, 0.3) is 0 Å². The fraction of sp³-hybridized carbons (Fsp3) is 0. The molecule has 0 bridgehead atoms. The summed E-state index contributed by atoms with van der Waals surface area (Å²) in [6.45, 7) is 0. The summed E-state index contributed by atoms with van der Waals surface area (Å²) in [5.41, 5.74) is 0. The predicted molar refractivity (Wildman–Crippen MR) is 107 cm³/mol. The average molecular weight is 374 g/mol. The van der Waals surface area contributed by atoms with Gasteiger partial charge in [-0.15, -0.1) is 0 Å². The number of phenols is 1. The van der Waals surface area contributed by atoms with Gasteiger partial charge in [-0.2, -0.15) is 0 Å². The van der Waals surface area contributed by atoms with Crippen LogP contribution in [0.2, 0.25) is 0 Å². The number of hydrogen-bond donors (Lipinski definition) is 1. The summed E-state index contributed by atoms with van der Waals surface area (Å²) in [5.74, 6) is 0.276. The maximum absolute atomic E-state index is 9.48. The number of phenolic OH excluding ortho intramolecular Hbond substituents is 1. The Kier molecular flexibility index (Phi) is 5.50. The standard InChI is InChI=1S/C18H15OPS3/c19-15-11-13-18(14-12-15)23-20(21,16-7-3-1-4-8-16)22-17-9-5-2-6-10-17/h1-14,19H. The van der Waals surface area contributed by atoms with Crippen molar-refractivity contribution in [3.63, 3.8) is 0 Å². The first-order valence-corrected chi connectivity index (χ1v) is 12.7. The maximum atomic E-state index is 9.48. The Morgan fingerprint density at radius 2 is 1.13 bits per heavy atom. The normalized spacial score (nSPS) is 13.4. The Bertz CT molecular complexity index is 805. The van der Waals surface area contributed by atoms with Gasteiger partial charge in [0.2, 0.25) is 0 Å². The van der Waals surface area contributed by atoms with Crippen LogP contribution < -0.4 is 5.30 Å². The number of hydrogen-bond acceptors (Lipinski definition) is 4. The molecule has 3 aromatic carbocycles. The third-order valence-corrected chi connectivity index (χ3v) is 12.8. The van der Waals surface area contributed by atoms with Crippen LogP contribution in [0.3, 0.4) is 0 Å². The van der Waals surface area contributed by atoms with Gasteiger partial charge in [0.1, 0.15) is 5.75 Å². The molecule has 5 heteroatoms. The van der Waals surface area contributed by atoms with Crippen molar-refractivity contribution in [3.05, 3.63) is 84.9 Å². The minimum Gasteiger partial charge on any atom is -0.508 e. The van der Waals surface area contributed by atoms with E-state index in [0.717, 1.165) is 4.90 Å². The lowest BCUT2D eigenvalue weighted by atomic mass is 10.3. The van der Waals surface area contributed by atoms with E-state index in [2.05, 4.69) is 24.3 Å². The number of aromatic hydroxyl groups is 1. The van der Waals surface area contributed by atoms with Gasteiger partial charge in [0.25, 0.3) is 0 Å². The van der Waals surface area contributed by atoms with E-state index in [1.807, 2.05) is 48.5 Å². The molecule has 0 aromatic heterocycles. The minimum atomic E-state index is -1.95. The molecule has 0 radical (unpaired) electrons. The first-order chi connectivity index (χ1) is 11.2. The molecule has 0 saturated carbocycles. The van der Waals surface area contributed by atoms with Gasteiger partial charge in [0.15, 0.2) is 0 Å². The zero-order chi connectivity index (χ0) is 16.1. The van der Waals surface area contributed by atoms with Crippen molar-refractivity contribution in [2.24, 2.45) is 0 Å². The molecule has 1 atom stereocenters. The third-order valence-electron chi connectivity index (χ3n) is 3.10. The molecule has 0 heterocycles. The van der Waals surface area contributed by atoms with Crippen LogP contribution in [0.15, 0.2) is 94.7 Å². The van der Waals surface area contributed by atoms with Gasteiger partial charge in [0.05, 0.1) is 4.44 Å². The van der Waals surface area contributed by atoms with Crippen molar-refractivity contribution >= 4 is 44.3 Å². The van der Waals surface area contributed by atoms with Crippen molar-refractivity contribution in [1.29, 1.82) is 0 Å². The SMILES string of the molecule is Oc1ccc(SP(=S)(Sc2ccccc2)c2ccccc2)cc1. The second-order valence-corrected chi connectivity index (χ2v) is 15.7. The molecule has 3 aromatic rings. The lowest BCUT2D eigenvalue weighted by molar-refractivity contribution is 0.475. The Labute approximate surface area is 149 Å². The fourth-order valence-electron chi connectivity index (χ4n) is 2.00. The highest BCUT2D eigenvalue weighted by Crippen LogP contribution is 2.72. The largest absolute Gasteiger partial charge is 0.508 e. The Balaban J connectivity index is 1.96. The highest BCUT2D eigenvalue weighted by molar-refractivity contribution is 9.02. The second-order valence-electron chi connectivity index (χ2n) is 4.82. The van der Waals surface area contributed by atoms with E-state index in [9.17, 15) is 5.11 Å². The highest BCUT2D eigenvalue weighted by Gasteiger charge is 2.23. The summed E-state index contributed by atoms with van der Waals surface area (Å²) in [6, 6.07) is 27.9. The summed E-state index contributed by atoms with van der Waals surface area (Å²) in [5, 5.41) is 10.7. The predicted octanol–water partition coefficient (Wildman–Crippen LogP) is 5.91. The Hall–Kier alpha value is -1.19. The fourth-order valence-corrected chi connectivity index (χ4v) is 11.5. The molecule has 0 saturated heterocycles. The first-order valence-electron chi connectivity index (χ1n) is 7.05. The molecule has 116 valence electrons. The van der Waals surface area contributed by atoms with Crippen molar-refractivity contribution in [2.75, 3.05) is 0 Å². The summed E-state index contributed by atoms with van der Waals surface area (Å²) in [6.07, 6.45) is 0. The lowest BCUT2D eigenvalue weighted by Crippen LogP contribution is -1.98. The van der Waals surface area contributed by atoms with E-state index in [1.165, 1.54) is 10.2 Å². The molecule has 1 N–H and O–H groups in total. The summed E-state index contributed by atoms with van der Waals surface area (Å²) < 4.78 is -1.95. The second kappa shape index (κ2) is 7.59. The Morgan fingerprint density at radius 3 is 1.70 bits per heavy atom. The van der Waals surface area contributed by atoms with Crippen LogP contribution in [0, 0.1) is 0 Å². The molecule has 1 unspecified atom stereocenters. The summed E-state index contributed by atoms with van der Waals surface area (Å²) >= 11 is 9.63. The van der Waals surface area contributed by atoms with Crippen molar-refractivity contribution in [2.45, 2.75) is 9.79 Å². The van der Waals surface area contributed by atoms with Gasteiger partial charge >= 0.3 is 0 Å². The van der Waals surface area contributed by atoms with E-state index >= 15 is 0 Å². The lowest BCUT2D eigenvalue weighted by Gasteiger charge is -2.21. The van der Waals surface area contributed by atoms with E-state index in [4.69, 9.17) is 11.8 Å². The van der Waals surface area contributed by atoms with Gasteiger partial charge < -0.3 is 5.11 Å². The van der Waals surface area contributed by atoms with Crippen LogP contribution in [0.1, 0.15) is 0 Å². The van der Waals surface area contributed by atoms with Gasteiger partial charge in [-0.05, 0) is 36.4 Å². The van der Waals surface area contributed by atoms with E-state index in [-0.39, 0.29) is 5.75 Å². The van der Waals surface area contributed by atoms with Crippen LogP contribution in [0.4, 0.5) is 0 Å². The third kappa shape index (κ3) is 4.42. The van der Waals surface area contributed by atoms with Gasteiger partial charge in [-0.25, -0.2) is 0 Å². The molecular weight excluding hydrogens is 359 g/mol. The van der Waals surface area contributed by atoms with Crippen molar-refractivity contribution in [1.82, 2.24) is 0 Å². The molecule has 0 spiro atoms.